The van der Waals surface area contributed by atoms with Gasteiger partial charge in [-0.2, -0.15) is 22.5 Å². The monoisotopic (exact) mass is 320 g/mol. The SMILES string of the molecule is O=C=NC1CCCN1S(=O)(=O)c1cccc(C(F)(F)F)c1. The zero-order valence-corrected chi connectivity index (χ0v) is 11.5. The van der Waals surface area contributed by atoms with Crippen LogP contribution in [-0.2, 0) is 21.0 Å². The van der Waals surface area contributed by atoms with Gasteiger partial charge in [-0.15, -0.1) is 0 Å². The molecule has 1 aliphatic heterocycles. The highest BCUT2D eigenvalue weighted by molar-refractivity contribution is 7.89. The van der Waals surface area contributed by atoms with Crippen LogP contribution >= 0.6 is 0 Å². The second-order valence-electron chi connectivity index (χ2n) is 4.48. The Bertz CT molecular complexity index is 681. The fraction of sp³-hybridized carbons (Fsp3) is 0.417. The summed E-state index contributed by atoms with van der Waals surface area (Å²) in [6.45, 7) is 0.106. The molecule has 1 aromatic rings. The quantitative estimate of drug-likeness (QED) is 0.633. The van der Waals surface area contributed by atoms with Gasteiger partial charge in [-0.25, -0.2) is 13.2 Å². The van der Waals surface area contributed by atoms with Crippen LogP contribution in [0.3, 0.4) is 0 Å². The molecule has 9 heteroatoms. The number of hydrogen-bond donors (Lipinski definition) is 0. The van der Waals surface area contributed by atoms with E-state index in [2.05, 4.69) is 4.99 Å². The Kier molecular flexibility index (Phi) is 4.18. The molecular formula is C12H11F3N2O3S. The first kappa shape index (κ1) is 15.7. The van der Waals surface area contributed by atoms with Crippen molar-refractivity contribution in [2.24, 2.45) is 4.99 Å². The van der Waals surface area contributed by atoms with Crippen molar-refractivity contribution >= 4 is 16.1 Å². The Morgan fingerprint density at radius 2 is 2.05 bits per heavy atom. The molecule has 1 heterocycles. The third-order valence-electron chi connectivity index (χ3n) is 3.14. The maximum absolute atomic E-state index is 12.7. The van der Waals surface area contributed by atoms with Crippen molar-refractivity contribution in [1.82, 2.24) is 4.31 Å². The molecule has 1 saturated heterocycles. The van der Waals surface area contributed by atoms with Crippen LogP contribution in [0.15, 0.2) is 34.2 Å². The predicted octanol–water partition coefficient (Wildman–Crippen LogP) is 2.15. The molecular weight excluding hydrogens is 309 g/mol. The number of isocyanates is 1. The van der Waals surface area contributed by atoms with Gasteiger partial charge in [0, 0.05) is 6.54 Å². The topological polar surface area (TPSA) is 66.8 Å². The second-order valence-corrected chi connectivity index (χ2v) is 6.38. The molecule has 0 aliphatic carbocycles. The number of nitrogens with zero attached hydrogens (tertiary/aromatic N) is 2. The van der Waals surface area contributed by atoms with Crippen molar-refractivity contribution in [1.29, 1.82) is 0 Å². The molecule has 0 saturated carbocycles. The minimum atomic E-state index is -4.63. The molecule has 0 aromatic heterocycles. The molecule has 21 heavy (non-hydrogen) atoms. The third kappa shape index (κ3) is 3.15. The summed E-state index contributed by atoms with van der Waals surface area (Å²) in [5, 5.41) is 0. The van der Waals surface area contributed by atoms with Crippen molar-refractivity contribution in [2.45, 2.75) is 30.1 Å². The number of hydrogen-bond acceptors (Lipinski definition) is 4. The fourth-order valence-corrected chi connectivity index (χ4v) is 3.80. The van der Waals surface area contributed by atoms with Crippen LogP contribution < -0.4 is 0 Å². The van der Waals surface area contributed by atoms with E-state index in [0.717, 1.165) is 22.5 Å². The van der Waals surface area contributed by atoms with E-state index in [0.29, 0.717) is 18.9 Å². The van der Waals surface area contributed by atoms with E-state index in [4.69, 9.17) is 0 Å². The third-order valence-corrected chi connectivity index (χ3v) is 5.04. The van der Waals surface area contributed by atoms with E-state index in [1.54, 1.807) is 0 Å². The van der Waals surface area contributed by atoms with Crippen LogP contribution in [0.25, 0.3) is 0 Å². The average molecular weight is 320 g/mol. The van der Waals surface area contributed by atoms with E-state index in [9.17, 15) is 26.4 Å². The van der Waals surface area contributed by atoms with Crippen LogP contribution in [0, 0.1) is 0 Å². The molecule has 1 aromatic carbocycles. The van der Waals surface area contributed by atoms with Gasteiger partial charge >= 0.3 is 6.18 Å². The summed E-state index contributed by atoms with van der Waals surface area (Å²) in [5.74, 6) is 0. The lowest BCUT2D eigenvalue weighted by Crippen LogP contribution is -2.34. The Morgan fingerprint density at radius 1 is 1.33 bits per heavy atom. The summed E-state index contributed by atoms with van der Waals surface area (Å²) in [4.78, 5) is 13.2. The molecule has 1 fully saturated rings. The van der Waals surface area contributed by atoms with E-state index in [1.165, 1.54) is 6.08 Å². The average Bonchev–Trinajstić information content (AvgIpc) is 2.87. The highest BCUT2D eigenvalue weighted by Gasteiger charge is 2.37. The number of carbonyl (C=O) groups excluding carboxylic acids is 1. The minimum Gasteiger partial charge on any atom is -0.211 e. The molecule has 114 valence electrons. The first-order chi connectivity index (χ1) is 9.76. The summed E-state index contributed by atoms with van der Waals surface area (Å²) < 4.78 is 63.6. The molecule has 0 spiro atoms. The van der Waals surface area contributed by atoms with Gasteiger partial charge in [0.15, 0.2) is 0 Å². The smallest absolute Gasteiger partial charge is 0.211 e. The van der Waals surface area contributed by atoms with Gasteiger partial charge in [0.1, 0.15) is 6.17 Å². The van der Waals surface area contributed by atoms with Crippen molar-refractivity contribution in [2.75, 3.05) is 6.54 Å². The Morgan fingerprint density at radius 3 is 2.67 bits per heavy atom. The first-order valence-electron chi connectivity index (χ1n) is 6.03. The number of aliphatic imine (C=N–C) groups is 1. The molecule has 0 amide bonds. The first-order valence-corrected chi connectivity index (χ1v) is 7.47. The molecule has 0 radical (unpaired) electrons. The molecule has 2 rings (SSSR count). The molecule has 5 nitrogen and oxygen atoms in total. The van der Waals surface area contributed by atoms with Crippen LogP contribution in [-0.4, -0.2) is 31.5 Å². The number of rotatable bonds is 3. The van der Waals surface area contributed by atoms with Crippen LogP contribution in [0.5, 0.6) is 0 Å². The zero-order valence-electron chi connectivity index (χ0n) is 10.7. The Balaban J connectivity index is 2.42. The maximum atomic E-state index is 12.7. The Hall–Kier alpha value is -1.70. The number of halogens is 3. The van der Waals surface area contributed by atoms with E-state index < -0.39 is 32.8 Å². The van der Waals surface area contributed by atoms with Gasteiger partial charge in [-0.1, -0.05) is 6.07 Å². The standard InChI is InChI=1S/C12H11F3N2O3S/c13-12(14,15)9-3-1-4-10(7-9)21(19,20)17-6-2-5-11(17)16-8-18/h1,3-4,7,11H,2,5-6H2. The Labute approximate surface area is 119 Å². The lowest BCUT2D eigenvalue weighted by molar-refractivity contribution is -0.137. The maximum Gasteiger partial charge on any atom is 0.416 e. The second kappa shape index (κ2) is 5.59. The van der Waals surface area contributed by atoms with E-state index in [1.807, 2.05) is 0 Å². The molecule has 0 N–H and O–H groups in total. The number of benzene rings is 1. The van der Waals surface area contributed by atoms with Crippen LogP contribution in [0.4, 0.5) is 13.2 Å². The van der Waals surface area contributed by atoms with Crippen LogP contribution in [0.1, 0.15) is 18.4 Å². The van der Waals surface area contributed by atoms with Crippen molar-refractivity contribution < 1.29 is 26.4 Å². The zero-order chi connectivity index (χ0) is 15.7. The van der Waals surface area contributed by atoms with Gasteiger partial charge in [0.25, 0.3) is 0 Å². The van der Waals surface area contributed by atoms with Crippen molar-refractivity contribution in [3.8, 4) is 0 Å². The lowest BCUT2D eigenvalue weighted by Gasteiger charge is -2.20. The summed E-state index contributed by atoms with van der Waals surface area (Å²) in [6, 6.07) is 3.49. The van der Waals surface area contributed by atoms with Gasteiger partial charge < -0.3 is 0 Å². The molecule has 0 bridgehead atoms. The summed E-state index contributed by atoms with van der Waals surface area (Å²) >= 11 is 0. The summed E-state index contributed by atoms with van der Waals surface area (Å²) in [5.41, 5.74) is -1.04. The number of sulfonamides is 1. The molecule has 1 aliphatic rings. The van der Waals surface area contributed by atoms with E-state index in [-0.39, 0.29) is 6.54 Å². The molecule has 1 unspecified atom stereocenters. The van der Waals surface area contributed by atoms with Crippen LogP contribution in [0.2, 0.25) is 0 Å². The minimum absolute atomic E-state index is 0.106. The normalized spacial score (nSPS) is 20.2. The summed E-state index contributed by atoms with van der Waals surface area (Å²) in [7, 11) is -4.13. The number of alkyl halides is 3. The largest absolute Gasteiger partial charge is 0.416 e. The van der Waals surface area contributed by atoms with E-state index >= 15 is 0 Å². The summed E-state index contributed by atoms with van der Waals surface area (Å²) in [6.07, 6.45) is -3.42. The van der Waals surface area contributed by atoms with Gasteiger partial charge in [0.05, 0.1) is 10.5 Å². The lowest BCUT2D eigenvalue weighted by atomic mass is 10.2. The molecule has 1 atom stereocenters. The van der Waals surface area contributed by atoms with Gasteiger partial charge in [-0.05, 0) is 31.0 Å². The highest BCUT2D eigenvalue weighted by atomic mass is 32.2. The van der Waals surface area contributed by atoms with Crippen molar-refractivity contribution in [3.05, 3.63) is 29.8 Å². The predicted molar refractivity (Wildman–Crippen MR) is 66.5 cm³/mol. The highest BCUT2D eigenvalue weighted by Crippen LogP contribution is 2.32. The van der Waals surface area contributed by atoms with Gasteiger partial charge in [0.2, 0.25) is 16.1 Å². The fourth-order valence-electron chi connectivity index (χ4n) is 2.16. The van der Waals surface area contributed by atoms with Crippen molar-refractivity contribution in [3.63, 3.8) is 0 Å². The van der Waals surface area contributed by atoms with Gasteiger partial charge in [-0.3, -0.25) is 0 Å².